The molecule has 0 bridgehead atoms. The van der Waals surface area contributed by atoms with E-state index in [0.717, 1.165) is 0 Å². The monoisotopic (exact) mass is 356 g/mol. The van der Waals surface area contributed by atoms with Crippen LogP contribution in [0.5, 0.6) is 11.5 Å². The predicted octanol–water partition coefficient (Wildman–Crippen LogP) is 1.64. The molecular weight excluding hydrogens is 336 g/mol. The Morgan fingerprint density at radius 1 is 1.25 bits per heavy atom. The molecule has 0 aliphatic carbocycles. The molecule has 1 aromatic carbocycles. The number of furan rings is 1. The average Bonchev–Trinajstić information content (AvgIpc) is 3.08. The fraction of sp³-hybridized carbons (Fsp3) is 0.312. The number of carbonyl (C=O) groups excluding carboxylic acids is 1. The van der Waals surface area contributed by atoms with Crippen molar-refractivity contribution in [2.24, 2.45) is 5.73 Å². The number of nitrogens with one attached hydrogen (secondary N) is 1. The third-order valence-electron chi connectivity index (χ3n) is 3.33. The van der Waals surface area contributed by atoms with Crippen molar-refractivity contribution in [2.75, 3.05) is 20.8 Å². The Morgan fingerprint density at radius 2 is 1.88 bits per heavy atom. The summed E-state index contributed by atoms with van der Waals surface area (Å²) in [6.07, 6.45) is 0.433. The molecule has 1 amide bonds. The fourth-order valence-electron chi connectivity index (χ4n) is 2.04. The molecule has 0 fully saturated rings. The van der Waals surface area contributed by atoms with E-state index in [0.29, 0.717) is 28.4 Å². The van der Waals surface area contributed by atoms with Gasteiger partial charge in [0.2, 0.25) is 0 Å². The summed E-state index contributed by atoms with van der Waals surface area (Å²) in [4.78, 5) is 12.0. The fourth-order valence-corrected chi connectivity index (χ4v) is 2.04. The van der Waals surface area contributed by atoms with Crippen LogP contribution in [0.1, 0.15) is 27.8 Å². The second-order valence-corrected chi connectivity index (χ2v) is 4.88. The van der Waals surface area contributed by atoms with Gasteiger partial charge >= 0.3 is 0 Å². The van der Waals surface area contributed by atoms with Gasteiger partial charge in [-0.15, -0.1) is 12.4 Å². The van der Waals surface area contributed by atoms with Gasteiger partial charge in [0.05, 0.1) is 32.4 Å². The van der Waals surface area contributed by atoms with Crippen LogP contribution >= 0.6 is 12.4 Å². The van der Waals surface area contributed by atoms with Crippen LogP contribution in [0.3, 0.4) is 0 Å². The molecular formula is C16H21ClN2O5. The molecule has 8 heteroatoms. The number of ether oxygens (including phenoxy) is 2. The molecule has 7 nitrogen and oxygen atoms in total. The molecule has 0 radical (unpaired) electrons. The highest BCUT2D eigenvalue weighted by molar-refractivity contribution is 5.93. The first-order valence-corrected chi connectivity index (χ1v) is 7.04. The van der Waals surface area contributed by atoms with Gasteiger partial charge < -0.3 is 30.0 Å². The van der Waals surface area contributed by atoms with Gasteiger partial charge in [-0.05, 0) is 23.8 Å². The van der Waals surface area contributed by atoms with E-state index in [1.54, 1.807) is 24.3 Å². The lowest BCUT2D eigenvalue weighted by Crippen LogP contribution is -2.28. The van der Waals surface area contributed by atoms with E-state index in [9.17, 15) is 9.90 Å². The summed E-state index contributed by atoms with van der Waals surface area (Å²) in [6, 6.07) is 6.64. The van der Waals surface area contributed by atoms with Crippen LogP contribution in [0.2, 0.25) is 0 Å². The van der Waals surface area contributed by atoms with Crippen LogP contribution in [-0.4, -0.2) is 31.8 Å². The highest BCUT2D eigenvalue weighted by Crippen LogP contribution is 2.26. The Balaban J connectivity index is 0.00000288. The number of amides is 1. The third-order valence-corrected chi connectivity index (χ3v) is 3.33. The van der Waals surface area contributed by atoms with Crippen LogP contribution in [0.4, 0.5) is 0 Å². The lowest BCUT2D eigenvalue weighted by atomic mass is 10.1. The Kier molecular flexibility index (Phi) is 7.57. The largest absolute Gasteiger partial charge is 0.497 e. The summed E-state index contributed by atoms with van der Waals surface area (Å²) in [5.74, 6) is 1.30. The van der Waals surface area contributed by atoms with E-state index in [1.165, 1.54) is 20.5 Å². The van der Waals surface area contributed by atoms with E-state index in [4.69, 9.17) is 19.6 Å². The minimum Gasteiger partial charge on any atom is -0.497 e. The van der Waals surface area contributed by atoms with Crippen LogP contribution < -0.4 is 20.5 Å². The predicted molar refractivity (Wildman–Crippen MR) is 90.7 cm³/mol. The van der Waals surface area contributed by atoms with E-state index < -0.39 is 6.10 Å². The zero-order valence-electron chi connectivity index (χ0n) is 13.4. The number of halogens is 1. The zero-order valence-corrected chi connectivity index (χ0v) is 14.3. The number of carbonyl (C=O) groups is 1. The Bertz CT molecular complexity index is 652. The van der Waals surface area contributed by atoms with Gasteiger partial charge in [-0.3, -0.25) is 4.79 Å². The molecule has 132 valence electrons. The number of aliphatic hydroxyl groups is 1. The lowest BCUT2D eigenvalue weighted by molar-refractivity contribution is 0.0915. The van der Waals surface area contributed by atoms with E-state index in [-0.39, 0.29) is 31.4 Å². The topological polar surface area (TPSA) is 107 Å². The van der Waals surface area contributed by atoms with Crippen LogP contribution in [0, 0.1) is 0 Å². The average molecular weight is 357 g/mol. The van der Waals surface area contributed by atoms with Gasteiger partial charge in [0.1, 0.15) is 23.5 Å². The number of rotatable bonds is 7. The van der Waals surface area contributed by atoms with Gasteiger partial charge in [0, 0.05) is 12.6 Å². The summed E-state index contributed by atoms with van der Waals surface area (Å²) in [7, 11) is 3.06. The first kappa shape index (κ1) is 19.8. The normalized spacial score (nSPS) is 11.3. The summed E-state index contributed by atoms with van der Waals surface area (Å²) >= 11 is 0. The minimum atomic E-state index is -0.899. The standard InChI is InChI=1S/C16H20N2O5.ClH/c1-21-12-3-10(4-13(6-12)22-2)15(19)8-18-16(20)11-5-14(7-17)23-9-11;/h3-6,9,15,19H,7-8,17H2,1-2H3,(H,18,20);1H. The maximum atomic E-state index is 12.0. The summed E-state index contributed by atoms with van der Waals surface area (Å²) in [6.45, 7) is 0.262. The summed E-state index contributed by atoms with van der Waals surface area (Å²) < 4.78 is 15.4. The van der Waals surface area contributed by atoms with Crippen molar-refractivity contribution in [3.63, 3.8) is 0 Å². The molecule has 2 rings (SSSR count). The zero-order chi connectivity index (χ0) is 16.8. The van der Waals surface area contributed by atoms with Crippen LogP contribution in [0.15, 0.2) is 34.9 Å². The molecule has 0 spiro atoms. The Labute approximate surface area is 146 Å². The maximum Gasteiger partial charge on any atom is 0.254 e. The third kappa shape index (κ3) is 4.89. The number of benzene rings is 1. The molecule has 1 aromatic heterocycles. The van der Waals surface area contributed by atoms with Gasteiger partial charge in [-0.25, -0.2) is 0 Å². The second kappa shape index (κ2) is 9.17. The van der Waals surface area contributed by atoms with Crippen molar-refractivity contribution in [2.45, 2.75) is 12.6 Å². The Hall–Kier alpha value is -2.22. The van der Waals surface area contributed by atoms with E-state index >= 15 is 0 Å². The number of hydrogen-bond acceptors (Lipinski definition) is 6. The summed E-state index contributed by atoms with van der Waals surface area (Å²) in [5, 5.41) is 12.9. The van der Waals surface area contributed by atoms with Crippen molar-refractivity contribution in [1.82, 2.24) is 5.32 Å². The molecule has 1 unspecified atom stereocenters. The number of nitrogens with two attached hydrogens (primary N) is 1. The van der Waals surface area contributed by atoms with Gasteiger partial charge in [0.15, 0.2) is 0 Å². The lowest BCUT2D eigenvalue weighted by Gasteiger charge is -2.14. The smallest absolute Gasteiger partial charge is 0.254 e. The molecule has 4 N–H and O–H groups in total. The van der Waals surface area contributed by atoms with Crippen LogP contribution in [0.25, 0.3) is 0 Å². The van der Waals surface area contributed by atoms with E-state index in [1.807, 2.05) is 0 Å². The number of hydrogen-bond donors (Lipinski definition) is 3. The summed E-state index contributed by atoms with van der Waals surface area (Å²) in [5.41, 5.74) is 6.37. The highest BCUT2D eigenvalue weighted by Gasteiger charge is 2.14. The van der Waals surface area contributed by atoms with Crippen molar-refractivity contribution in [3.05, 3.63) is 47.4 Å². The Morgan fingerprint density at radius 3 is 2.38 bits per heavy atom. The van der Waals surface area contributed by atoms with Gasteiger partial charge in [0.25, 0.3) is 5.91 Å². The van der Waals surface area contributed by atoms with Crippen molar-refractivity contribution in [1.29, 1.82) is 0 Å². The van der Waals surface area contributed by atoms with Gasteiger partial charge in [-0.2, -0.15) is 0 Å². The van der Waals surface area contributed by atoms with Crippen molar-refractivity contribution < 1.29 is 23.8 Å². The molecule has 1 atom stereocenters. The first-order valence-electron chi connectivity index (χ1n) is 7.04. The minimum absolute atomic E-state index is 0. The SMILES string of the molecule is COc1cc(OC)cc(C(O)CNC(=O)c2coc(CN)c2)c1.Cl. The number of methoxy groups -OCH3 is 2. The van der Waals surface area contributed by atoms with Crippen molar-refractivity contribution >= 4 is 18.3 Å². The quantitative estimate of drug-likeness (QED) is 0.696. The maximum absolute atomic E-state index is 12.0. The molecule has 0 saturated heterocycles. The molecule has 2 aromatic rings. The second-order valence-electron chi connectivity index (χ2n) is 4.88. The van der Waals surface area contributed by atoms with Crippen molar-refractivity contribution in [3.8, 4) is 11.5 Å². The van der Waals surface area contributed by atoms with Crippen LogP contribution in [-0.2, 0) is 6.54 Å². The molecule has 1 heterocycles. The molecule has 0 aliphatic heterocycles. The highest BCUT2D eigenvalue weighted by atomic mass is 35.5. The number of aliphatic hydroxyl groups excluding tert-OH is 1. The van der Waals surface area contributed by atoms with Gasteiger partial charge in [-0.1, -0.05) is 0 Å². The first-order chi connectivity index (χ1) is 11.1. The molecule has 0 saturated carbocycles. The molecule has 0 aliphatic rings. The molecule has 24 heavy (non-hydrogen) atoms. The van der Waals surface area contributed by atoms with E-state index in [2.05, 4.69) is 5.32 Å².